The van der Waals surface area contributed by atoms with Crippen LogP contribution in [0.15, 0.2) is 224 Å². The SMILES string of the molecule is CC(C)C1c2cc(O)c(O)cc2CCN1C(=S)CCCc1ccccc1.CC(C)C1c2cc(O)c(O)cc2CCN1C(=S)CCc1ccccc1.Cc1ccc(CCCC(=S)N2CCc3cc(O)c(O)cc3C2C(C)C)cc1.Cc1ccc(CCCC(=S)N2CCc3cc(O)c(O)cc3C2C(C)C)cc1.Cc1ccc(CCCC(=S)N2CCc3cc(O)c(O)cc3C2c2ccccc2)cc1. The second-order valence-electron chi connectivity index (χ2n) is 38.3. The largest absolute Gasteiger partial charge is 0.504 e. The third kappa shape index (κ3) is 27.2. The summed E-state index contributed by atoms with van der Waals surface area (Å²) in [6.07, 6.45) is 17.7. The van der Waals surface area contributed by atoms with Crippen LogP contribution in [-0.4, -0.2) is 133 Å². The third-order valence-electron chi connectivity index (χ3n) is 26.9. The van der Waals surface area contributed by atoms with Gasteiger partial charge in [0.2, 0.25) is 0 Å². The molecule has 712 valence electrons. The molecule has 15 nitrogen and oxygen atoms in total. The Bertz CT molecular complexity index is 5700. The number of phenolic OH excluding ortho intramolecular Hbond substituents is 10. The molecule has 0 saturated heterocycles. The van der Waals surface area contributed by atoms with Gasteiger partial charge in [-0.05, 0) is 310 Å². The van der Waals surface area contributed by atoms with Crippen molar-refractivity contribution < 1.29 is 51.1 Å². The first-order valence-electron chi connectivity index (χ1n) is 48.2. The fourth-order valence-corrected chi connectivity index (χ4v) is 21.6. The number of thiocarbonyl (C=S) groups is 5. The monoisotopic (exact) mass is 1910 g/mol. The number of hydrogen-bond acceptors (Lipinski definition) is 15. The summed E-state index contributed by atoms with van der Waals surface area (Å²) < 4.78 is 0. The van der Waals surface area contributed by atoms with Gasteiger partial charge < -0.3 is 75.6 Å². The minimum Gasteiger partial charge on any atom is -0.504 e. The summed E-state index contributed by atoms with van der Waals surface area (Å²) in [4.78, 5) is 16.5. The quantitative estimate of drug-likeness (QED) is 0.0201. The van der Waals surface area contributed by atoms with Crippen molar-refractivity contribution in [2.45, 2.75) is 228 Å². The van der Waals surface area contributed by atoms with E-state index in [1.54, 1.807) is 60.7 Å². The van der Waals surface area contributed by atoms with Crippen LogP contribution < -0.4 is 0 Å². The Labute approximate surface area is 827 Å². The Morgan fingerprint density at radius 1 is 0.252 bits per heavy atom. The number of aromatic hydroxyl groups is 10. The summed E-state index contributed by atoms with van der Waals surface area (Å²) in [5.41, 5.74) is 22.6. The first-order valence-corrected chi connectivity index (χ1v) is 50.2. The lowest BCUT2D eigenvalue weighted by Gasteiger charge is -2.41. The lowest BCUT2D eigenvalue weighted by Crippen LogP contribution is -2.41. The number of benzene rings is 11. The minimum atomic E-state index is -0.0816. The van der Waals surface area contributed by atoms with Crippen molar-refractivity contribution in [3.05, 3.63) is 330 Å². The molecule has 0 radical (unpaired) electrons. The molecule has 0 amide bonds. The number of fused-ring (bicyclic) bond motifs is 5. The second kappa shape index (κ2) is 48.6. The standard InChI is InChI=1S/C26H27NO2S.2C23H29NO2S.C22H27NO2S.C21H25NO2S/c1-18-10-12-19(13-11-18)6-5-9-25(30)27-15-14-21-16-23(28)24(29)17-22(21)26(27)20-7-3-2-4-8-20;2*1-15(2)23-19-14-21(26)20(25)13-18(19)11-12-24(23)22(27)6-4-5-17-9-7-16(3)8-10-17;1-15(2)22-18-14-20(25)19(24)13-17(18)11-12-23(22)21(26)10-6-9-16-7-4-3-5-8-16;1-14(2)21-17-13-19(24)18(23)12-16(17)10-11-22(21)20(25)9-8-15-6-4-3-5-7-15/h2-4,7-8,10-13,16-17,26,28-29H,5-6,9,14-15H2,1H3;2*7-10,13-15,23,25-26H,4-6,11-12H2,1-3H3;3-5,7-8,13-15,22,24-25H,6,9-12H2,1-2H3;3-7,12-14,21,23-24H,8-11H2,1-2H3. The first-order chi connectivity index (χ1) is 64.7. The Kier molecular flexibility index (Phi) is 37.0. The predicted octanol–water partition coefficient (Wildman–Crippen LogP) is 25.9. The van der Waals surface area contributed by atoms with E-state index in [-0.39, 0.29) is 87.7 Å². The molecule has 0 aromatic heterocycles. The molecule has 11 aromatic carbocycles. The van der Waals surface area contributed by atoms with Crippen LogP contribution in [0.2, 0.25) is 0 Å². The minimum absolute atomic E-state index is 0.0367. The average Bonchev–Trinajstić information content (AvgIpc) is 0.774. The van der Waals surface area contributed by atoms with Crippen molar-refractivity contribution in [3.8, 4) is 57.5 Å². The maximum atomic E-state index is 10.2. The zero-order valence-corrected chi connectivity index (χ0v) is 84.4. The van der Waals surface area contributed by atoms with E-state index in [1.807, 2.05) is 30.3 Å². The molecule has 5 aliphatic heterocycles. The lowest BCUT2D eigenvalue weighted by molar-refractivity contribution is 0.235. The smallest absolute Gasteiger partial charge is 0.157 e. The first kappa shape index (κ1) is 103. The molecule has 20 heteroatoms. The average molecular weight is 1910 g/mol. The van der Waals surface area contributed by atoms with Crippen LogP contribution >= 0.6 is 61.1 Å². The molecule has 0 aliphatic carbocycles. The number of aryl methyl sites for hydroxylation is 8. The molecule has 10 N–H and O–H groups in total. The fourth-order valence-electron chi connectivity index (χ4n) is 19.9. The predicted molar refractivity (Wildman–Crippen MR) is 569 cm³/mol. The van der Waals surface area contributed by atoms with Crippen LogP contribution in [0, 0.1) is 44.4 Å². The Balaban J connectivity index is 0.000000152. The Hall–Kier alpha value is -11.1. The zero-order valence-electron chi connectivity index (χ0n) is 80.3. The highest BCUT2D eigenvalue weighted by atomic mass is 32.1. The zero-order chi connectivity index (χ0) is 96.8. The number of rotatable bonds is 24. The molecule has 5 unspecified atom stereocenters. The van der Waals surface area contributed by atoms with Crippen LogP contribution in [0.4, 0.5) is 0 Å². The van der Waals surface area contributed by atoms with E-state index in [0.717, 1.165) is 241 Å². The van der Waals surface area contributed by atoms with Gasteiger partial charge in [-0.1, -0.05) is 297 Å². The molecule has 5 aliphatic rings. The van der Waals surface area contributed by atoms with Crippen LogP contribution in [0.5, 0.6) is 57.5 Å². The molecule has 0 bridgehead atoms. The van der Waals surface area contributed by atoms with Crippen molar-refractivity contribution in [2.24, 2.45) is 23.7 Å². The van der Waals surface area contributed by atoms with Gasteiger partial charge in [-0.2, -0.15) is 0 Å². The van der Waals surface area contributed by atoms with Gasteiger partial charge >= 0.3 is 0 Å². The van der Waals surface area contributed by atoms with Crippen molar-refractivity contribution in [2.75, 3.05) is 32.7 Å². The van der Waals surface area contributed by atoms with Crippen molar-refractivity contribution in [1.82, 2.24) is 24.5 Å². The van der Waals surface area contributed by atoms with Crippen molar-refractivity contribution in [3.63, 3.8) is 0 Å². The number of phenols is 10. The Morgan fingerprint density at radius 2 is 0.459 bits per heavy atom. The van der Waals surface area contributed by atoms with E-state index in [9.17, 15) is 51.1 Å². The normalized spacial score (nSPS) is 16.3. The van der Waals surface area contributed by atoms with E-state index in [2.05, 4.69) is 234 Å². The highest BCUT2D eigenvalue weighted by molar-refractivity contribution is 7.81. The van der Waals surface area contributed by atoms with E-state index in [0.29, 0.717) is 23.7 Å². The summed E-state index contributed by atoms with van der Waals surface area (Å²) in [7, 11) is 0. The summed E-state index contributed by atoms with van der Waals surface area (Å²) in [6, 6.07) is 74.9. The molecule has 5 atom stereocenters. The highest BCUT2D eigenvalue weighted by Crippen LogP contribution is 2.48. The van der Waals surface area contributed by atoms with Gasteiger partial charge in [0.25, 0.3) is 0 Å². The van der Waals surface area contributed by atoms with Crippen LogP contribution in [0.1, 0.15) is 249 Å². The van der Waals surface area contributed by atoms with Crippen LogP contribution in [0.25, 0.3) is 0 Å². The molecule has 11 aromatic rings. The molecule has 5 heterocycles. The second-order valence-corrected chi connectivity index (χ2v) is 40.7. The summed E-state index contributed by atoms with van der Waals surface area (Å²) in [6.45, 7) is 28.0. The van der Waals surface area contributed by atoms with E-state index >= 15 is 0 Å². The summed E-state index contributed by atoms with van der Waals surface area (Å²) in [5, 5.41) is 99.3. The highest BCUT2D eigenvalue weighted by Gasteiger charge is 2.38. The summed E-state index contributed by atoms with van der Waals surface area (Å²) >= 11 is 29.1. The fraction of sp³-hybridized carbons (Fsp3) is 0.383. The maximum absolute atomic E-state index is 10.2. The molecule has 0 fully saturated rings. The maximum Gasteiger partial charge on any atom is 0.157 e. The van der Waals surface area contributed by atoms with Crippen molar-refractivity contribution in [1.29, 1.82) is 0 Å². The van der Waals surface area contributed by atoms with Gasteiger partial charge in [0.15, 0.2) is 57.5 Å². The van der Waals surface area contributed by atoms with Gasteiger partial charge in [0, 0.05) is 39.1 Å². The number of nitrogens with zero attached hydrogens (tertiary/aromatic N) is 5. The molecule has 0 spiro atoms. The Morgan fingerprint density at radius 3 is 0.726 bits per heavy atom. The van der Waals surface area contributed by atoms with Gasteiger partial charge in [0.05, 0.1) is 55.2 Å². The van der Waals surface area contributed by atoms with Crippen molar-refractivity contribution >= 4 is 86.0 Å². The molecule has 16 rings (SSSR count). The lowest BCUT2D eigenvalue weighted by atomic mass is 9.85. The van der Waals surface area contributed by atoms with Gasteiger partial charge in [0.1, 0.15) is 0 Å². The number of hydrogen-bond donors (Lipinski definition) is 10. The summed E-state index contributed by atoms with van der Waals surface area (Å²) in [5.74, 6) is 0.957. The third-order valence-corrected chi connectivity index (χ3v) is 29.1. The molecule has 0 saturated carbocycles. The van der Waals surface area contributed by atoms with E-state index in [1.165, 1.54) is 44.5 Å². The topological polar surface area (TPSA) is 218 Å². The molecular formula is C115H137N5O10S5. The van der Waals surface area contributed by atoms with Gasteiger partial charge in [-0.15, -0.1) is 0 Å². The van der Waals surface area contributed by atoms with Gasteiger partial charge in [-0.3, -0.25) is 0 Å². The van der Waals surface area contributed by atoms with Crippen LogP contribution in [-0.2, 0) is 64.2 Å². The van der Waals surface area contributed by atoms with Gasteiger partial charge in [-0.25, -0.2) is 0 Å². The molecule has 135 heavy (non-hydrogen) atoms. The van der Waals surface area contributed by atoms with E-state index in [4.69, 9.17) is 61.1 Å². The van der Waals surface area contributed by atoms with E-state index < -0.39 is 0 Å². The molecular weight excluding hydrogens is 1770 g/mol. The van der Waals surface area contributed by atoms with Crippen LogP contribution in [0.3, 0.4) is 0 Å².